The van der Waals surface area contributed by atoms with Crippen LogP contribution in [0.1, 0.15) is 40.5 Å². The van der Waals surface area contributed by atoms with Gasteiger partial charge in [0.25, 0.3) is 0 Å². The van der Waals surface area contributed by atoms with Gasteiger partial charge in [-0.25, -0.2) is 4.79 Å². The van der Waals surface area contributed by atoms with E-state index in [9.17, 15) is 14.4 Å². The quantitative estimate of drug-likeness (QED) is 0.793. The monoisotopic (exact) mass is 346 g/mol. The number of hydrogen-bond donors (Lipinski definition) is 1. The molecule has 2 fully saturated rings. The van der Waals surface area contributed by atoms with Crippen molar-refractivity contribution in [2.24, 2.45) is 17.8 Å². The van der Waals surface area contributed by atoms with Crippen LogP contribution in [0.5, 0.6) is 0 Å². The van der Waals surface area contributed by atoms with Gasteiger partial charge in [0, 0.05) is 0 Å². The number of fused-ring (bicyclic) bond motifs is 1. The van der Waals surface area contributed by atoms with Crippen molar-refractivity contribution in [2.75, 3.05) is 0 Å². The highest BCUT2D eigenvalue weighted by Gasteiger charge is 2.53. The molecule has 3 rings (SSSR count). The SMILES string of the molecule is C[C@H](NC(=O)OC(C)(C)C)[C@@H](C1CC1)N1C(=O)C2C=CC=CC2C1=O. The van der Waals surface area contributed by atoms with E-state index < -0.39 is 23.5 Å². The normalized spacial score (nSPS) is 27.9. The molecule has 3 amide bonds. The number of alkyl carbamates (subject to hydrolysis) is 1. The van der Waals surface area contributed by atoms with Crippen LogP contribution in [0.3, 0.4) is 0 Å². The Labute approximate surface area is 148 Å². The predicted octanol–water partition coefficient (Wildman–Crippen LogP) is 2.41. The van der Waals surface area contributed by atoms with Gasteiger partial charge in [-0.3, -0.25) is 14.5 Å². The Hall–Kier alpha value is -2.11. The lowest BCUT2D eigenvalue weighted by Gasteiger charge is -2.33. The molecule has 136 valence electrons. The molecule has 6 heteroatoms. The van der Waals surface area contributed by atoms with Gasteiger partial charge in [-0.1, -0.05) is 24.3 Å². The Morgan fingerprint density at radius 1 is 1.16 bits per heavy atom. The molecule has 1 heterocycles. The topological polar surface area (TPSA) is 75.7 Å². The summed E-state index contributed by atoms with van der Waals surface area (Å²) in [7, 11) is 0. The van der Waals surface area contributed by atoms with Gasteiger partial charge >= 0.3 is 6.09 Å². The summed E-state index contributed by atoms with van der Waals surface area (Å²) in [6.07, 6.45) is 8.60. The molecule has 1 aliphatic heterocycles. The summed E-state index contributed by atoms with van der Waals surface area (Å²) in [6.45, 7) is 7.23. The molecule has 1 N–H and O–H groups in total. The molecular weight excluding hydrogens is 320 g/mol. The number of nitrogens with one attached hydrogen (secondary N) is 1. The molecule has 0 bridgehead atoms. The molecule has 25 heavy (non-hydrogen) atoms. The van der Waals surface area contributed by atoms with Crippen LogP contribution in [0.15, 0.2) is 24.3 Å². The van der Waals surface area contributed by atoms with Crippen molar-refractivity contribution in [3.63, 3.8) is 0 Å². The Morgan fingerprint density at radius 2 is 1.68 bits per heavy atom. The van der Waals surface area contributed by atoms with Crippen molar-refractivity contribution >= 4 is 17.9 Å². The lowest BCUT2D eigenvalue weighted by Crippen LogP contribution is -2.54. The smallest absolute Gasteiger partial charge is 0.407 e. The van der Waals surface area contributed by atoms with Gasteiger partial charge in [-0.05, 0) is 46.5 Å². The van der Waals surface area contributed by atoms with Gasteiger partial charge in [-0.15, -0.1) is 0 Å². The largest absolute Gasteiger partial charge is 0.444 e. The Bertz CT molecular complexity index is 612. The number of likely N-dealkylation sites (tertiary alicyclic amines) is 1. The average molecular weight is 346 g/mol. The van der Waals surface area contributed by atoms with Crippen LogP contribution in [0, 0.1) is 17.8 Å². The van der Waals surface area contributed by atoms with E-state index >= 15 is 0 Å². The lowest BCUT2D eigenvalue weighted by atomic mass is 9.91. The standard InChI is InChI=1S/C19H26N2O4/c1-11(20-18(24)25-19(2,3)4)15(12-9-10-12)21-16(22)13-7-5-6-8-14(13)17(21)23/h5-8,11-15H,9-10H2,1-4H3,(H,20,24)/t11-,13?,14?,15-/m0/s1. The molecule has 6 nitrogen and oxygen atoms in total. The highest BCUT2D eigenvalue weighted by molar-refractivity contribution is 6.07. The molecule has 1 saturated carbocycles. The number of rotatable bonds is 4. The first-order valence-corrected chi connectivity index (χ1v) is 8.90. The maximum atomic E-state index is 12.8. The summed E-state index contributed by atoms with van der Waals surface area (Å²) < 4.78 is 5.31. The first-order chi connectivity index (χ1) is 11.7. The number of carbonyl (C=O) groups is 3. The van der Waals surface area contributed by atoms with Crippen LogP contribution in [-0.2, 0) is 14.3 Å². The van der Waals surface area contributed by atoms with E-state index in [0.717, 1.165) is 12.8 Å². The number of amides is 3. The summed E-state index contributed by atoms with van der Waals surface area (Å²) in [5.74, 6) is -0.901. The van der Waals surface area contributed by atoms with Crippen LogP contribution < -0.4 is 5.32 Å². The second-order valence-electron chi connectivity index (χ2n) is 8.13. The Morgan fingerprint density at radius 3 is 2.12 bits per heavy atom. The van der Waals surface area contributed by atoms with Crippen molar-refractivity contribution in [1.82, 2.24) is 10.2 Å². The van der Waals surface area contributed by atoms with Crippen LogP contribution in [0.25, 0.3) is 0 Å². The molecule has 4 atom stereocenters. The summed E-state index contributed by atoms with van der Waals surface area (Å²) in [5, 5.41) is 2.81. The van der Waals surface area contributed by atoms with Crippen molar-refractivity contribution in [3.05, 3.63) is 24.3 Å². The summed E-state index contributed by atoms with van der Waals surface area (Å²) >= 11 is 0. The van der Waals surface area contributed by atoms with Crippen LogP contribution in [0.2, 0.25) is 0 Å². The molecule has 2 unspecified atom stereocenters. The van der Waals surface area contributed by atoms with E-state index in [1.807, 2.05) is 19.1 Å². The highest BCUT2D eigenvalue weighted by Crippen LogP contribution is 2.42. The number of carbonyl (C=O) groups excluding carboxylic acids is 3. The van der Waals surface area contributed by atoms with Crippen molar-refractivity contribution in [2.45, 2.75) is 58.2 Å². The zero-order chi connectivity index (χ0) is 18.4. The van der Waals surface area contributed by atoms with Gasteiger partial charge in [0.2, 0.25) is 11.8 Å². The summed E-state index contributed by atoms with van der Waals surface area (Å²) in [4.78, 5) is 39.1. The molecule has 0 aromatic heterocycles. The van der Waals surface area contributed by atoms with E-state index in [1.54, 1.807) is 32.9 Å². The Balaban J connectivity index is 1.76. The lowest BCUT2D eigenvalue weighted by molar-refractivity contribution is -0.143. The van der Waals surface area contributed by atoms with Crippen molar-refractivity contribution in [1.29, 1.82) is 0 Å². The summed E-state index contributed by atoms with van der Waals surface area (Å²) in [6, 6.07) is -0.678. The molecule has 0 spiro atoms. The maximum Gasteiger partial charge on any atom is 0.407 e. The zero-order valence-corrected chi connectivity index (χ0v) is 15.2. The third-order valence-electron chi connectivity index (χ3n) is 4.84. The van der Waals surface area contributed by atoms with Gasteiger partial charge < -0.3 is 10.1 Å². The van der Waals surface area contributed by atoms with Gasteiger partial charge in [0.15, 0.2) is 0 Å². The van der Waals surface area contributed by atoms with E-state index in [4.69, 9.17) is 4.74 Å². The second kappa shape index (κ2) is 6.32. The van der Waals surface area contributed by atoms with E-state index in [-0.39, 0.29) is 29.8 Å². The molecule has 1 saturated heterocycles. The Kier molecular flexibility index (Phi) is 4.47. The van der Waals surface area contributed by atoms with Crippen LogP contribution >= 0.6 is 0 Å². The molecule has 0 radical (unpaired) electrons. The van der Waals surface area contributed by atoms with Crippen LogP contribution in [0.4, 0.5) is 4.79 Å². The zero-order valence-electron chi connectivity index (χ0n) is 15.2. The minimum atomic E-state index is -0.595. The third kappa shape index (κ3) is 3.62. The van der Waals surface area contributed by atoms with E-state index in [1.165, 1.54) is 4.90 Å². The molecule has 3 aliphatic rings. The fourth-order valence-corrected chi connectivity index (χ4v) is 3.66. The first-order valence-electron chi connectivity index (χ1n) is 8.90. The number of imide groups is 1. The van der Waals surface area contributed by atoms with Crippen molar-refractivity contribution in [3.8, 4) is 0 Å². The molecule has 2 aliphatic carbocycles. The van der Waals surface area contributed by atoms with E-state index in [2.05, 4.69) is 5.32 Å². The van der Waals surface area contributed by atoms with E-state index in [0.29, 0.717) is 0 Å². The third-order valence-corrected chi connectivity index (χ3v) is 4.84. The number of allylic oxidation sites excluding steroid dienone is 2. The average Bonchev–Trinajstić information content (AvgIpc) is 3.30. The summed E-state index contributed by atoms with van der Waals surface area (Å²) in [5.41, 5.74) is -0.595. The van der Waals surface area contributed by atoms with Gasteiger partial charge in [0.1, 0.15) is 5.60 Å². The number of nitrogens with zero attached hydrogens (tertiary/aromatic N) is 1. The fourth-order valence-electron chi connectivity index (χ4n) is 3.66. The minimum absolute atomic E-state index is 0.162. The molecule has 0 aromatic rings. The fraction of sp³-hybridized carbons (Fsp3) is 0.632. The molecular formula is C19H26N2O4. The molecule has 0 aromatic carbocycles. The van der Waals surface area contributed by atoms with Crippen molar-refractivity contribution < 1.29 is 19.1 Å². The predicted molar refractivity (Wildman–Crippen MR) is 92.5 cm³/mol. The number of hydrogen-bond acceptors (Lipinski definition) is 4. The number of ether oxygens (including phenoxy) is 1. The maximum absolute atomic E-state index is 12.8. The van der Waals surface area contributed by atoms with Gasteiger partial charge in [-0.2, -0.15) is 0 Å². The highest BCUT2D eigenvalue weighted by atomic mass is 16.6. The first kappa shape index (κ1) is 17.7. The van der Waals surface area contributed by atoms with Gasteiger partial charge in [0.05, 0.1) is 23.9 Å². The second-order valence-corrected chi connectivity index (χ2v) is 8.13. The minimum Gasteiger partial charge on any atom is -0.444 e. The van der Waals surface area contributed by atoms with Crippen LogP contribution in [-0.4, -0.2) is 40.5 Å².